The molecule has 6 heteroatoms. The van der Waals surface area contributed by atoms with Crippen molar-refractivity contribution >= 4 is 15.7 Å². The maximum absolute atomic E-state index is 13.3. The van der Waals surface area contributed by atoms with Crippen molar-refractivity contribution in [2.75, 3.05) is 25.5 Å². The van der Waals surface area contributed by atoms with Crippen molar-refractivity contribution in [2.45, 2.75) is 49.0 Å². The molecule has 3 atom stereocenters. The highest BCUT2D eigenvalue weighted by atomic mass is 32.2. The Balaban J connectivity index is 1.48. The van der Waals surface area contributed by atoms with Gasteiger partial charge in [-0.1, -0.05) is 37.1 Å². The number of hydrogen-bond donors (Lipinski definition) is 1. The van der Waals surface area contributed by atoms with Crippen molar-refractivity contribution in [1.82, 2.24) is 4.31 Å². The zero-order valence-corrected chi connectivity index (χ0v) is 18.8. The van der Waals surface area contributed by atoms with Gasteiger partial charge in [0.2, 0.25) is 10.0 Å². The van der Waals surface area contributed by atoms with Gasteiger partial charge in [-0.2, -0.15) is 4.31 Å². The van der Waals surface area contributed by atoms with Gasteiger partial charge in [0.1, 0.15) is 5.75 Å². The molecule has 0 spiro atoms. The predicted octanol–water partition coefficient (Wildman–Crippen LogP) is 5.09. The van der Waals surface area contributed by atoms with Gasteiger partial charge in [0.15, 0.2) is 0 Å². The lowest BCUT2D eigenvalue weighted by Gasteiger charge is -2.38. The van der Waals surface area contributed by atoms with Gasteiger partial charge in [-0.15, -0.1) is 0 Å². The van der Waals surface area contributed by atoms with Crippen molar-refractivity contribution in [2.24, 2.45) is 5.92 Å². The van der Waals surface area contributed by atoms with E-state index in [1.54, 1.807) is 17.5 Å². The van der Waals surface area contributed by atoms with E-state index < -0.39 is 10.0 Å². The number of fused-ring (bicyclic) bond motifs is 3. The molecule has 5 rings (SSSR count). The zero-order chi connectivity index (χ0) is 21.4. The first-order valence-corrected chi connectivity index (χ1v) is 12.7. The first-order chi connectivity index (χ1) is 15.1. The monoisotopic (exact) mass is 438 g/mol. The maximum Gasteiger partial charge on any atom is 0.243 e. The highest BCUT2D eigenvalue weighted by molar-refractivity contribution is 7.89. The van der Waals surface area contributed by atoms with Crippen molar-refractivity contribution in [3.05, 3.63) is 65.7 Å². The van der Waals surface area contributed by atoms with E-state index in [0.29, 0.717) is 23.9 Å². The number of sulfonamides is 1. The molecule has 3 aliphatic rings. The average Bonchev–Trinajstić information content (AvgIpc) is 3.13. The van der Waals surface area contributed by atoms with Gasteiger partial charge >= 0.3 is 0 Å². The van der Waals surface area contributed by atoms with Crippen LogP contribution in [0.5, 0.6) is 5.75 Å². The lowest BCUT2D eigenvalue weighted by Crippen LogP contribution is -2.33. The summed E-state index contributed by atoms with van der Waals surface area (Å²) in [6, 6.07) is 14.1. The van der Waals surface area contributed by atoms with Crippen molar-refractivity contribution in [3.8, 4) is 5.75 Å². The van der Waals surface area contributed by atoms with E-state index in [4.69, 9.17) is 4.74 Å². The molecule has 5 nitrogen and oxygen atoms in total. The van der Waals surface area contributed by atoms with Gasteiger partial charge in [-0.25, -0.2) is 8.42 Å². The summed E-state index contributed by atoms with van der Waals surface area (Å²) in [5.41, 5.74) is 3.36. The largest absolute Gasteiger partial charge is 0.497 e. The van der Waals surface area contributed by atoms with Crippen molar-refractivity contribution in [1.29, 1.82) is 0 Å². The Bertz CT molecular complexity index is 1070. The molecule has 2 aliphatic heterocycles. The van der Waals surface area contributed by atoms with Crippen molar-refractivity contribution in [3.63, 3.8) is 0 Å². The second kappa shape index (κ2) is 8.32. The molecule has 1 fully saturated rings. The molecule has 2 heterocycles. The summed E-state index contributed by atoms with van der Waals surface area (Å²) in [7, 11) is -1.77. The minimum Gasteiger partial charge on any atom is -0.497 e. The Kier molecular flexibility index (Phi) is 5.52. The summed E-state index contributed by atoms with van der Waals surface area (Å²) in [6.07, 6.45) is 9.59. The van der Waals surface area contributed by atoms with E-state index in [9.17, 15) is 8.42 Å². The molecule has 0 amide bonds. The predicted molar refractivity (Wildman–Crippen MR) is 123 cm³/mol. The molecule has 164 valence electrons. The summed E-state index contributed by atoms with van der Waals surface area (Å²) < 4.78 is 33.7. The van der Waals surface area contributed by atoms with Crippen LogP contribution in [-0.2, 0) is 10.0 Å². The second-order valence-corrected chi connectivity index (χ2v) is 10.8. The van der Waals surface area contributed by atoms with Gasteiger partial charge < -0.3 is 10.1 Å². The number of allylic oxidation sites excluding steroid dienone is 2. The molecule has 31 heavy (non-hydrogen) atoms. The fourth-order valence-corrected chi connectivity index (χ4v) is 6.86. The number of anilines is 1. The van der Waals surface area contributed by atoms with Crippen LogP contribution in [0.1, 0.15) is 55.2 Å². The third-order valence-electron chi connectivity index (χ3n) is 7.01. The fraction of sp³-hybridized carbons (Fsp3) is 0.440. The maximum atomic E-state index is 13.3. The third-order valence-corrected chi connectivity index (χ3v) is 8.91. The van der Waals surface area contributed by atoms with E-state index in [-0.39, 0.29) is 12.0 Å². The minimum absolute atomic E-state index is 0.187. The Morgan fingerprint density at radius 3 is 2.45 bits per heavy atom. The molecule has 2 aromatic rings. The summed E-state index contributed by atoms with van der Waals surface area (Å²) in [4.78, 5) is 0.428. The van der Waals surface area contributed by atoms with Crippen molar-refractivity contribution < 1.29 is 13.2 Å². The Hall–Kier alpha value is -2.31. The van der Waals surface area contributed by atoms with E-state index in [1.165, 1.54) is 5.56 Å². The minimum atomic E-state index is -3.45. The van der Waals surface area contributed by atoms with E-state index >= 15 is 0 Å². The lowest BCUT2D eigenvalue weighted by atomic mass is 9.77. The smallest absolute Gasteiger partial charge is 0.243 e. The summed E-state index contributed by atoms with van der Waals surface area (Å²) in [6.45, 7) is 1.26. The third kappa shape index (κ3) is 3.76. The van der Waals surface area contributed by atoms with Crippen LogP contribution in [0.15, 0.2) is 59.5 Å². The number of methoxy groups -OCH3 is 1. The Morgan fingerprint density at radius 1 is 1.00 bits per heavy atom. The van der Waals surface area contributed by atoms with Crippen LogP contribution < -0.4 is 10.1 Å². The highest BCUT2D eigenvalue weighted by Crippen LogP contribution is 2.50. The van der Waals surface area contributed by atoms with Gasteiger partial charge in [0.25, 0.3) is 0 Å². The molecule has 2 aromatic carbocycles. The van der Waals surface area contributed by atoms with Crippen LogP contribution in [0.4, 0.5) is 5.69 Å². The van der Waals surface area contributed by atoms with Crippen LogP contribution in [0.3, 0.4) is 0 Å². The van der Waals surface area contributed by atoms with Crippen LogP contribution in [-0.4, -0.2) is 32.9 Å². The Labute approximate surface area is 185 Å². The molecular formula is C25H30N2O3S. The molecule has 0 saturated carbocycles. The molecule has 1 aliphatic carbocycles. The topological polar surface area (TPSA) is 58.6 Å². The molecule has 3 unspecified atom stereocenters. The molecule has 1 N–H and O–H groups in total. The summed E-state index contributed by atoms with van der Waals surface area (Å²) in [5, 5.41) is 3.70. The molecular weight excluding hydrogens is 408 g/mol. The van der Waals surface area contributed by atoms with Crippen LogP contribution in [0.2, 0.25) is 0 Å². The van der Waals surface area contributed by atoms with E-state index in [0.717, 1.165) is 49.1 Å². The van der Waals surface area contributed by atoms with Gasteiger partial charge in [0, 0.05) is 24.7 Å². The van der Waals surface area contributed by atoms with Crippen LogP contribution in [0, 0.1) is 5.92 Å². The van der Waals surface area contributed by atoms with Crippen LogP contribution in [0.25, 0.3) is 0 Å². The number of benzene rings is 2. The number of ether oxygens (including phenoxy) is 1. The average molecular weight is 439 g/mol. The zero-order valence-electron chi connectivity index (χ0n) is 18.0. The highest BCUT2D eigenvalue weighted by Gasteiger charge is 2.38. The SMILES string of the molecule is COc1ccc(C2Nc3ccc(S(=O)(=O)N4CCCCCC4)cc3C3C=CCC32)cc1. The fourth-order valence-electron chi connectivity index (χ4n) is 5.31. The number of nitrogens with one attached hydrogen (secondary N) is 1. The van der Waals surface area contributed by atoms with Gasteiger partial charge in [0.05, 0.1) is 18.0 Å². The Morgan fingerprint density at radius 2 is 1.74 bits per heavy atom. The number of nitrogens with zero attached hydrogens (tertiary/aromatic N) is 1. The van der Waals surface area contributed by atoms with Crippen LogP contribution >= 0.6 is 0 Å². The van der Waals surface area contributed by atoms with Gasteiger partial charge in [-0.3, -0.25) is 0 Å². The van der Waals surface area contributed by atoms with E-state index in [1.807, 2.05) is 24.3 Å². The molecule has 0 aromatic heterocycles. The normalized spacial score (nSPS) is 25.9. The van der Waals surface area contributed by atoms with E-state index in [2.05, 4.69) is 29.6 Å². The second-order valence-electron chi connectivity index (χ2n) is 8.82. The molecule has 0 radical (unpaired) electrons. The summed E-state index contributed by atoms with van der Waals surface area (Å²) >= 11 is 0. The first-order valence-electron chi connectivity index (χ1n) is 11.3. The first kappa shape index (κ1) is 20.6. The molecule has 0 bridgehead atoms. The quantitative estimate of drug-likeness (QED) is 0.676. The van der Waals surface area contributed by atoms with Gasteiger partial charge in [-0.05, 0) is 66.6 Å². The standard InChI is InChI=1S/C25H30N2O3S/c1-30-19-11-9-18(10-12-19)25-22-8-6-7-21(22)23-17-20(13-14-24(23)26-25)31(28,29)27-15-4-2-3-5-16-27/h6-7,9-14,17,21-22,25-26H,2-5,8,15-16H2,1H3. The summed E-state index contributed by atoms with van der Waals surface area (Å²) in [5.74, 6) is 1.45. The molecule has 1 saturated heterocycles. The number of hydrogen-bond acceptors (Lipinski definition) is 4. The number of rotatable bonds is 4. The lowest BCUT2D eigenvalue weighted by molar-refractivity contribution is 0.411.